The van der Waals surface area contributed by atoms with Crippen molar-refractivity contribution in [3.8, 4) is 5.75 Å². The monoisotopic (exact) mass is 284 g/mol. The molecule has 3 heteroatoms. The minimum Gasteiger partial charge on any atom is -0.496 e. The van der Waals surface area contributed by atoms with Gasteiger partial charge in [-0.2, -0.15) is 0 Å². The Kier molecular flexibility index (Phi) is 4.76. The molecule has 0 heterocycles. The summed E-state index contributed by atoms with van der Waals surface area (Å²) < 4.78 is 10.8. The van der Waals surface area contributed by atoms with Gasteiger partial charge < -0.3 is 9.47 Å². The molecule has 2 rings (SSSR count). The highest BCUT2D eigenvalue weighted by Crippen LogP contribution is 2.31. The van der Waals surface area contributed by atoms with Crippen LogP contribution >= 0.6 is 0 Å². The summed E-state index contributed by atoms with van der Waals surface area (Å²) in [6.07, 6.45) is -0.623. The van der Waals surface area contributed by atoms with Crippen molar-refractivity contribution in [3.63, 3.8) is 0 Å². The molecule has 2 aromatic rings. The number of carbonyl (C=O) groups excluding carboxylic acids is 1. The predicted octanol–water partition coefficient (Wildman–Crippen LogP) is 3.88. The molecule has 1 atom stereocenters. The fourth-order valence-electron chi connectivity index (χ4n) is 2.41. The fraction of sp³-hybridized carbons (Fsp3) is 0.278. The zero-order chi connectivity index (χ0) is 15.4. The number of rotatable bonds is 5. The first-order valence-corrected chi connectivity index (χ1v) is 6.86. The molecule has 0 amide bonds. The Morgan fingerprint density at radius 1 is 1.00 bits per heavy atom. The van der Waals surface area contributed by atoms with Gasteiger partial charge in [0.25, 0.3) is 0 Å². The van der Waals surface area contributed by atoms with Crippen LogP contribution in [0.2, 0.25) is 0 Å². The van der Waals surface area contributed by atoms with E-state index < -0.39 is 6.10 Å². The van der Waals surface area contributed by atoms with Crippen molar-refractivity contribution >= 4 is 5.78 Å². The van der Waals surface area contributed by atoms with Crippen LogP contribution in [0.5, 0.6) is 5.75 Å². The number of hydrogen-bond donors (Lipinski definition) is 0. The Balaban J connectivity index is 2.46. The molecule has 0 saturated carbocycles. The molecule has 0 bridgehead atoms. The van der Waals surface area contributed by atoms with E-state index in [1.807, 2.05) is 50.2 Å². The maximum atomic E-state index is 12.8. The van der Waals surface area contributed by atoms with Gasteiger partial charge in [0.15, 0.2) is 5.78 Å². The fourth-order valence-corrected chi connectivity index (χ4v) is 2.41. The number of carbonyl (C=O) groups is 1. The summed E-state index contributed by atoms with van der Waals surface area (Å²) >= 11 is 0. The summed E-state index contributed by atoms with van der Waals surface area (Å²) in [6, 6.07) is 13.2. The van der Waals surface area contributed by atoms with Crippen LogP contribution in [-0.2, 0) is 4.74 Å². The maximum Gasteiger partial charge on any atom is 0.199 e. The average molecular weight is 284 g/mol. The Bertz CT molecular complexity index is 632. The van der Waals surface area contributed by atoms with Gasteiger partial charge in [-0.25, -0.2) is 0 Å². The number of ether oxygens (including phenoxy) is 2. The SMILES string of the molecule is COc1c(C(=O)C(OC)c2ccccc2)ccc(C)c1C. The average Bonchev–Trinajstić information content (AvgIpc) is 2.51. The van der Waals surface area contributed by atoms with Crippen LogP contribution in [0.4, 0.5) is 0 Å². The Hall–Kier alpha value is -2.13. The molecule has 0 aromatic heterocycles. The molecule has 3 nitrogen and oxygen atoms in total. The topological polar surface area (TPSA) is 35.5 Å². The third-order valence-electron chi connectivity index (χ3n) is 3.72. The van der Waals surface area contributed by atoms with E-state index in [2.05, 4.69) is 0 Å². The van der Waals surface area contributed by atoms with Gasteiger partial charge >= 0.3 is 0 Å². The lowest BCUT2D eigenvalue weighted by Crippen LogP contribution is -2.16. The van der Waals surface area contributed by atoms with Gasteiger partial charge in [-0.1, -0.05) is 36.4 Å². The summed E-state index contributed by atoms with van der Waals surface area (Å²) in [7, 11) is 3.13. The second-order valence-corrected chi connectivity index (χ2v) is 4.98. The lowest BCUT2D eigenvalue weighted by molar-refractivity contribution is 0.0601. The lowest BCUT2D eigenvalue weighted by atomic mass is 9.96. The second-order valence-electron chi connectivity index (χ2n) is 4.98. The molecule has 2 aromatic carbocycles. The largest absolute Gasteiger partial charge is 0.496 e. The van der Waals surface area contributed by atoms with Crippen molar-refractivity contribution in [2.45, 2.75) is 20.0 Å². The summed E-state index contributed by atoms with van der Waals surface area (Å²) in [5.74, 6) is 0.529. The van der Waals surface area contributed by atoms with E-state index in [4.69, 9.17) is 9.47 Å². The zero-order valence-corrected chi connectivity index (χ0v) is 12.8. The van der Waals surface area contributed by atoms with Crippen molar-refractivity contribution in [2.24, 2.45) is 0 Å². The van der Waals surface area contributed by atoms with E-state index >= 15 is 0 Å². The molecule has 0 aliphatic rings. The maximum absolute atomic E-state index is 12.8. The van der Waals surface area contributed by atoms with Gasteiger partial charge in [-0.05, 0) is 36.6 Å². The molecule has 0 fully saturated rings. The Labute approximate surface area is 125 Å². The zero-order valence-electron chi connectivity index (χ0n) is 12.8. The van der Waals surface area contributed by atoms with Crippen LogP contribution < -0.4 is 4.74 Å². The van der Waals surface area contributed by atoms with Gasteiger partial charge in [0.1, 0.15) is 11.9 Å². The number of ketones is 1. The molecular formula is C18H20O3. The first kappa shape index (κ1) is 15.3. The third-order valence-corrected chi connectivity index (χ3v) is 3.72. The summed E-state index contributed by atoms with van der Waals surface area (Å²) in [6.45, 7) is 3.95. The van der Waals surface area contributed by atoms with E-state index in [0.717, 1.165) is 16.7 Å². The standard InChI is InChI=1S/C18H20O3/c1-12-10-11-15(17(20-3)13(12)2)16(19)18(21-4)14-8-6-5-7-9-14/h5-11,18H,1-4H3. The molecular weight excluding hydrogens is 264 g/mol. The lowest BCUT2D eigenvalue weighted by Gasteiger charge is -2.18. The molecule has 21 heavy (non-hydrogen) atoms. The van der Waals surface area contributed by atoms with Crippen LogP contribution in [0, 0.1) is 13.8 Å². The van der Waals surface area contributed by atoms with Crippen LogP contribution in [0.15, 0.2) is 42.5 Å². The van der Waals surface area contributed by atoms with Crippen molar-refractivity contribution in [1.82, 2.24) is 0 Å². The van der Waals surface area contributed by atoms with E-state index in [1.165, 1.54) is 0 Å². The quantitative estimate of drug-likeness (QED) is 0.782. The first-order valence-electron chi connectivity index (χ1n) is 6.86. The minimum absolute atomic E-state index is 0.0938. The number of Topliss-reactive ketones (excluding diaryl/α,β-unsaturated/α-hetero) is 1. The number of methoxy groups -OCH3 is 2. The molecule has 0 aliphatic carbocycles. The molecule has 0 radical (unpaired) electrons. The predicted molar refractivity (Wildman–Crippen MR) is 83.0 cm³/mol. The van der Waals surface area contributed by atoms with Gasteiger partial charge in [0, 0.05) is 7.11 Å². The molecule has 0 saturated heterocycles. The van der Waals surface area contributed by atoms with Crippen molar-refractivity contribution in [2.75, 3.05) is 14.2 Å². The van der Waals surface area contributed by atoms with Gasteiger partial charge in [0.2, 0.25) is 0 Å². The van der Waals surface area contributed by atoms with Crippen LogP contribution in [0.1, 0.15) is 33.2 Å². The van der Waals surface area contributed by atoms with Crippen molar-refractivity contribution < 1.29 is 14.3 Å². The smallest absolute Gasteiger partial charge is 0.199 e. The normalized spacial score (nSPS) is 12.0. The Morgan fingerprint density at radius 2 is 1.67 bits per heavy atom. The van der Waals surface area contributed by atoms with Crippen molar-refractivity contribution in [3.05, 3.63) is 64.7 Å². The summed E-state index contributed by atoms with van der Waals surface area (Å²) in [5, 5.41) is 0. The van der Waals surface area contributed by atoms with Gasteiger partial charge in [-0.15, -0.1) is 0 Å². The summed E-state index contributed by atoms with van der Waals surface area (Å²) in [4.78, 5) is 12.8. The van der Waals surface area contributed by atoms with Crippen molar-refractivity contribution in [1.29, 1.82) is 0 Å². The first-order chi connectivity index (χ1) is 10.1. The minimum atomic E-state index is -0.623. The highest BCUT2D eigenvalue weighted by Gasteiger charge is 2.25. The van der Waals surface area contributed by atoms with E-state index in [9.17, 15) is 4.79 Å². The molecule has 0 N–H and O–H groups in total. The molecule has 1 unspecified atom stereocenters. The van der Waals surface area contributed by atoms with E-state index in [1.54, 1.807) is 20.3 Å². The molecule has 0 aliphatic heterocycles. The summed E-state index contributed by atoms with van der Waals surface area (Å²) in [5.41, 5.74) is 3.46. The van der Waals surface area contributed by atoms with Crippen LogP contribution in [-0.4, -0.2) is 20.0 Å². The van der Waals surface area contributed by atoms with Crippen LogP contribution in [0.25, 0.3) is 0 Å². The number of hydrogen-bond acceptors (Lipinski definition) is 3. The number of benzene rings is 2. The second kappa shape index (κ2) is 6.55. The molecule has 110 valence electrons. The van der Waals surface area contributed by atoms with E-state index in [-0.39, 0.29) is 5.78 Å². The molecule has 0 spiro atoms. The third kappa shape index (κ3) is 2.98. The van der Waals surface area contributed by atoms with Gasteiger partial charge in [0.05, 0.1) is 12.7 Å². The Morgan fingerprint density at radius 3 is 2.24 bits per heavy atom. The highest BCUT2D eigenvalue weighted by molar-refractivity contribution is 6.02. The van der Waals surface area contributed by atoms with Gasteiger partial charge in [-0.3, -0.25) is 4.79 Å². The number of aryl methyl sites for hydroxylation is 1. The highest BCUT2D eigenvalue weighted by atomic mass is 16.5. The van der Waals surface area contributed by atoms with E-state index in [0.29, 0.717) is 11.3 Å². The van der Waals surface area contributed by atoms with Crippen LogP contribution in [0.3, 0.4) is 0 Å².